The fourth-order valence-corrected chi connectivity index (χ4v) is 2.14. The molecule has 0 bridgehead atoms. The maximum Gasteiger partial charge on any atom is 0.226 e. The van der Waals surface area contributed by atoms with Crippen molar-refractivity contribution in [3.63, 3.8) is 0 Å². The van der Waals surface area contributed by atoms with Gasteiger partial charge in [-0.05, 0) is 31.7 Å². The Labute approximate surface area is 111 Å². The van der Waals surface area contributed by atoms with E-state index in [4.69, 9.17) is 0 Å². The summed E-state index contributed by atoms with van der Waals surface area (Å²) in [4.78, 5) is 14.0. The van der Waals surface area contributed by atoms with Crippen molar-refractivity contribution in [2.45, 2.75) is 46.5 Å². The molecular weight excluding hydrogens is 222 g/mol. The third kappa shape index (κ3) is 4.52. The topological polar surface area (TPSA) is 20.3 Å². The van der Waals surface area contributed by atoms with Crippen molar-refractivity contribution in [1.29, 1.82) is 0 Å². The third-order valence-electron chi connectivity index (χ3n) is 3.18. The molecule has 1 saturated heterocycles. The number of benzene rings is 1. The zero-order chi connectivity index (χ0) is 13.4. The Morgan fingerprint density at radius 2 is 1.61 bits per heavy atom. The van der Waals surface area contributed by atoms with E-state index < -0.39 is 0 Å². The second kappa shape index (κ2) is 7.91. The van der Waals surface area contributed by atoms with Gasteiger partial charge in [0.25, 0.3) is 0 Å². The number of piperidine rings is 1. The van der Waals surface area contributed by atoms with Crippen LogP contribution in [0.3, 0.4) is 0 Å². The molecule has 0 radical (unpaired) electrons. The second-order valence-corrected chi connectivity index (χ2v) is 4.60. The van der Waals surface area contributed by atoms with Gasteiger partial charge in [-0.25, -0.2) is 0 Å². The van der Waals surface area contributed by atoms with Crippen LogP contribution in [-0.4, -0.2) is 23.9 Å². The Morgan fingerprint density at radius 1 is 1.06 bits per heavy atom. The fourth-order valence-electron chi connectivity index (χ4n) is 2.14. The van der Waals surface area contributed by atoms with E-state index in [1.165, 1.54) is 24.8 Å². The molecule has 2 rings (SSSR count). The van der Waals surface area contributed by atoms with Crippen molar-refractivity contribution in [2.75, 3.05) is 13.1 Å². The lowest BCUT2D eigenvalue weighted by atomic mass is 10.1. The lowest BCUT2D eigenvalue weighted by Crippen LogP contribution is -2.36. The molecule has 0 spiro atoms. The number of rotatable bonds is 2. The van der Waals surface area contributed by atoms with Gasteiger partial charge in [-0.3, -0.25) is 4.79 Å². The van der Waals surface area contributed by atoms with Crippen LogP contribution < -0.4 is 0 Å². The van der Waals surface area contributed by atoms with E-state index in [2.05, 4.69) is 31.2 Å². The van der Waals surface area contributed by atoms with Gasteiger partial charge < -0.3 is 4.90 Å². The SMILES string of the molecule is CC.Cc1ccc(CC(=O)N2CCCCC2)cc1. The van der Waals surface area contributed by atoms with Gasteiger partial charge in [0.15, 0.2) is 0 Å². The lowest BCUT2D eigenvalue weighted by molar-refractivity contribution is -0.131. The Hall–Kier alpha value is -1.31. The Bertz CT molecular complexity index is 350. The van der Waals surface area contributed by atoms with Crippen molar-refractivity contribution >= 4 is 5.91 Å². The van der Waals surface area contributed by atoms with E-state index >= 15 is 0 Å². The number of nitrogens with zero attached hydrogens (tertiary/aromatic N) is 1. The van der Waals surface area contributed by atoms with Gasteiger partial charge in [-0.1, -0.05) is 43.7 Å². The standard InChI is InChI=1S/C14H19NO.C2H6/c1-12-5-7-13(8-6-12)11-14(16)15-9-3-2-4-10-15;1-2/h5-8H,2-4,9-11H2,1H3;1-2H3. The predicted octanol–water partition coefficient (Wildman–Crippen LogP) is 3.58. The highest BCUT2D eigenvalue weighted by Crippen LogP contribution is 2.11. The molecule has 1 aliphatic rings. The number of hydrogen-bond donors (Lipinski definition) is 0. The van der Waals surface area contributed by atoms with E-state index in [1.807, 2.05) is 18.7 Å². The quantitative estimate of drug-likeness (QED) is 0.782. The summed E-state index contributed by atoms with van der Waals surface area (Å²) in [5.41, 5.74) is 2.37. The average Bonchev–Trinajstić information content (AvgIpc) is 2.44. The Kier molecular flexibility index (Phi) is 6.48. The minimum absolute atomic E-state index is 0.281. The van der Waals surface area contributed by atoms with Crippen LogP contribution in [0, 0.1) is 6.92 Å². The molecule has 1 aromatic rings. The summed E-state index contributed by atoms with van der Waals surface area (Å²) in [5.74, 6) is 0.281. The Balaban J connectivity index is 0.000000771. The number of hydrogen-bond acceptors (Lipinski definition) is 1. The molecule has 100 valence electrons. The molecule has 0 unspecified atom stereocenters. The molecule has 1 aromatic carbocycles. The van der Waals surface area contributed by atoms with Gasteiger partial charge in [-0.15, -0.1) is 0 Å². The Morgan fingerprint density at radius 3 is 2.17 bits per heavy atom. The first-order valence-corrected chi connectivity index (χ1v) is 7.09. The van der Waals surface area contributed by atoms with E-state index in [0.717, 1.165) is 18.7 Å². The average molecular weight is 247 g/mol. The van der Waals surface area contributed by atoms with Gasteiger partial charge in [0.05, 0.1) is 6.42 Å². The minimum Gasteiger partial charge on any atom is -0.342 e. The molecule has 0 aromatic heterocycles. The number of likely N-dealkylation sites (tertiary alicyclic amines) is 1. The van der Waals surface area contributed by atoms with E-state index in [0.29, 0.717) is 6.42 Å². The van der Waals surface area contributed by atoms with E-state index in [1.54, 1.807) is 0 Å². The van der Waals surface area contributed by atoms with Gasteiger partial charge in [-0.2, -0.15) is 0 Å². The van der Waals surface area contributed by atoms with Crippen LogP contribution in [0.2, 0.25) is 0 Å². The molecule has 0 saturated carbocycles. The fraction of sp³-hybridized carbons (Fsp3) is 0.562. The van der Waals surface area contributed by atoms with Crippen LogP contribution in [0.1, 0.15) is 44.2 Å². The van der Waals surface area contributed by atoms with Crippen LogP contribution in [0.25, 0.3) is 0 Å². The first kappa shape index (κ1) is 14.7. The van der Waals surface area contributed by atoms with Crippen LogP contribution in [0.15, 0.2) is 24.3 Å². The van der Waals surface area contributed by atoms with Crippen molar-refractivity contribution in [1.82, 2.24) is 4.90 Å². The van der Waals surface area contributed by atoms with Gasteiger partial charge in [0, 0.05) is 13.1 Å². The summed E-state index contributed by atoms with van der Waals surface area (Å²) >= 11 is 0. The molecule has 1 fully saturated rings. The smallest absolute Gasteiger partial charge is 0.226 e. The molecule has 1 amide bonds. The normalized spacial score (nSPS) is 14.7. The lowest BCUT2D eigenvalue weighted by Gasteiger charge is -2.26. The highest BCUT2D eigenvalue weighted by Gasteiger charge is 2.16. The van der Waals surface area contributed by atoms with Crippen LogP contribution in [-0.2, 0) is 11.2 Å². The van der Waals surface area contributed by atoms with Crippen LogP contribution >= 0.6 is 0 Å². The number of carbonyl (C=O) groups excluding carboxylic acids is 1. The van der Waals surface area contributed by atoms with Crippen molar-refractivity contribution in [2.24, 2.45) is 0 Å². The summed E-state index contributed by atoms with van der Waals surface area (Å²) < 4.78 is 0. The number of amides is 1. The second-order valence-electron chi connectivity index (χ2n) is 4.60. The summed E-state index contributed by atoms with van der Waals surface area (Å²) in [6.07, 6.45) is 4.16. The largest absolute Gasteiger partial charge is 0.342 e. The van der Waals surface area contributed by atoms with Gasteiger partial charge in [0.2, 0.25) is 5.91 Å². The summed E-state index contributed by atoms with van der Waals surface area (Å²) in [6.45, 7) is 7.96. The van der Waals surface area contributed by atoms with E-state index in [9.17, 15) is 4.79 Å². The summed E-state index contributed by atoms with van der Waals surface area (Å²) in [7, 11) is 0. The van der Waals surface area contributed by atoms with Crippen molar-refractivity contribution < 1.29 is 4.79 Å². The molecule has 0 N–H and O–H groups in total. The highest BCUT2D eigenvalue weighted by atomic mass is 16.2. The van der Waals surface area contributed by atoms with Crippen LogP contribution in [0.4, 0.5) is 0 Å². The first-order valence-electron chi connectivity index (χ1n) is 7.09. The van der Waals surface area contributed by atoms with Crippen molar-refractivity contribution in [3.05, 3.63) is 35.4 Å². The maximum absolute atomic E-state index is 12.0. The molecular formula is C16H25NO. The van der Waals surface area contributed by atoms with Crippen LogP contribution in [0.5, 0.6) is 0 Å². The molecule has 1 aliphatic heterocycles. The molecule has 1 heterocycles. The molecule has 0 atom stereocenters. The van der Waals surface area contributed by atoms with Gasteiger partial charge in [0.1, 0.15) is 0 Å². The first-order chi connectivity index (χ1) is 8.75. The maximum atomic E-state index is 12.0. The molecule has 18 heavy (non-hydrogen) atoms. The number of aryl methyl sites for hydroxylation is 1. The number of carbonyl (C=O) groups is 1. The third-order valence-corrected chi connectivity index (χ3v) is 3.18. The zero-order valence-corrected chi connectivity index (χ0v) is 11.9. The molecule has 2 nitrogen and oxygen atoms in total. The summed E-state index contributed by atoms with van der Waals surface area (Å²) in [5, 5.41) is 0. The molecule has 0 aliphatic carbocycles. The highest BCUT2D eigenvalue weighted by molar-refractivity contribution is 5.78. The zero-order valence-electron chi connectivity index (χ0n) is 11.9. The predicted molar refractivity (Wildman–Crippen MR) is 76.7 cm³/mol. The van der Waals surface area contributed by atoms with Crippen molar-refractivity contribution in [3.8, 4) is 0 Å². The monoisotopic (exact) mass is 247 g/mol. The molecule has 2 heteroatoms. The van der Waals surface area contributed by atoms with Gasteiger partial charge >= 0.3 is 0 Å². The van der Waals surface area contributed by atoms with E-state index in [-0.39, 0.29) is 5.91 Å². The minimum atomic E-state index is 0.281. The summed E-state index contributed by atoms with van der Waals surface area (Å²) in [6, 6.07) is 8.24.